The molecule has 0 radical (unpaired) electrons. The third kappa shape index (κ3) is 5.13. The van der Waals surface area contributed by atoms with Crippen LogP contribution in [-0.2, 0) is 9.53 Å². The van der Waals surface area contributed by atoms with Gasteiger partial charge in [0.25, 0.3) is 0 Å². The van der Waals surface area contributed by atoms with Gasteiger partial charge < -0.3 is 25.0 Å². The minimum absolute atomic E-state index is 0.0461. The van der Waals surface area contributed by atoms with E-state index in [1.165, 1.54) is 4.90 Å². The molecule has 0 saturated carbocycles. The fourth-order valence-corrected chi connectivity index (χ4v) is 2.37. The molecule has 2 N–H and O–H groups in total. The Morgan fingerprint density at radius 2 is 2.21 bits per heavy atom. The molecule has 0 spiro atoms. The maximum atomic E-state index is 11.8. The predicted molar refractivity (Wildman–Crippen MR) is 93.3 cm³/mol. The maximum absolute atomic E-state index is 11.8. The Morgan fingerprint density at radius 3 is 2.96 bits per heavy atom. The molecule has 132 valence electrons. The van der Waals surface area contributed by atoms with Crippen molar-refractivity contribution in [2.24, 2.45) is 4.99 Å². The van der Waals surface area contributed by atoms with Crippen LogP contribution in [0.1, 0.15) is 18.0 Å². The normalized spacial score (nSPS) is 16.8. The number of guanidine groups is 1. The first kappa shape index (κ1) is 18.1. The molecule has 1 aromatic rings. The lowest BCUT2D eigenvalue weighted by Gasteiger charge is -2.28. The molecular formula is C17H26N4O3. The lowest BCUT2D eigenvalue weighted by atomic mass is 10.0. The van der Waals surface area contributed by atoms with Crippen LogP contribution in [0, 0.1) is 0 Å². The van der Waals surface area contributed by atoms with Crippen LogP contribution in [0.5, 0.6) is 5.75 Å². The highest BCUT2D eigenvalue weighted by Gasteiger charge is 2.22. The number of methoxy groups -OCH3 is 1. The predicted octanol–water partition coefficient (Wildman–Crippen LogP) is 0.780. The summed E-state index contributed by atoms with van der Waals surface area (Å²) in [5, 5.41) is 6.59. The summed E-state index contributed by atoms with van der Waals surface area (Å²) < 4.78 is 10.7. The molecule has 1 aliphatic rings. The monoisotopic (exact) mass is 334 g/mol. The Bertz CT molecular complexity index is 575. The summed E-state index contributed by atoms with van der Waals surface area (Å²) in [6.07, 6.45) is 0.837. The van der Waals surface area contributed by atoms with Crippen molar-refractivity contribution in [3.63, 3.8) is 0 Å². The average Bonchev–Trinajstić information content (AvgIpc) is 2.59. The van der Waals surface area contributed by atoms with Crippen molar-refractivity contribution in [2.75, 3.05) is 47.5 Å². The van der Waals surface area contributed by atoms with Crippen LogP contribution in [0.4, 0.5) is 0 Å². The van der Waals surface area contributed by atoms with Crippen LogP contribution in [0.15, 0.2) is 29.3 Å². The standard InChI is InChI=1S/C17H26N4O3/c1-21(2)16(22)12-19-17(18-9-11-23-3)20-14-8-10-24-15-7-5-4-6-13(14)15/h4-7,14H,8-12H2,1-3H3,(H2,18,19,20). The van der Waals surface area contributed by atoms with Crippen molar-refractivity contribution in [1.29, 1.82) is 0 Å². The van der Waals surface area contributed by atoms with E-state index in [0.717, 1.165) is 17.7 Å². The summed E-state index contributed by atoms with van der Waals surface area (Å²) in [4.78, 5) is 17.7. The van der Waals surface area contributed by atoms with Crippen molar-refractivity contribution in [3.8, 4) is 5.75 Å². The van der Waals surface area contributed by atoms with E-state index >= 15 is 0 Å². The average molecular weight is 334 g/mol. The van der Waals surface area contributed by atoms with Crippen LogP contribution in [-0.4, -0.2) is 64.3 Å². The first-order chi connectivity index (χ1) is 11.6. The number of likely N-dealkylation sites (N-methyl/N-ethyl adjacent to an activating group) is 1. The SMILES string of the molecule is COCCNC(=NCC(=O)N(C)C)NC1CCOc2ccccc21. The number of para-hydroxylation sites is 1. The van der Waals surface area contributed by atoms with Crippen molar-refractivity contribution in [1.82, 2.24) is 15.5 Å². The van der Waals surface area contributed by atoms with Gasteiger partial charge in [-0.2, -0.15) is 0 Å². The number of carbonyl (C=O) groups excluding carboxylic acids is 1. The summed E-state index contributed by atoms with van der Waals surface area (Å²) in [6, 6.07) is 8.06. The number of aliphatic imine (C=N–C) groups is 1. The number of amides is 1. The van der Waals surface area contributed by atoms with Gasteiger partial charge in [0, 0.05) is 39.7 Å². The second-order valence-corrected chi connectivity index (χ2v) is 5.74. The molecule has 1 heterocycles. The first-order valence-corrected chi connectivity index (χ1v) is 8.07. The molecule has 7 nitrogen and oxygen atoms in total. The number of carbonyl (C=O) groups is 1. The zero-order valence-corrected chi connectivity index (χ0v) is 14.5. The third-order valence-electron chi connectivity index (χ3n) is 3.74. The van der Waals surface area contributed by atoms with Gasteiger partial charge >= 0.3 is 0 Å². The summed E-state index contributed by atoms with van der Waals surface area (Å²) in [7, 11) is 5.09. The van der Waals surface area contributed by atoms with E-state index in [9.17, 15) is 4.79 Å². The topological polar surface area (TPSA) is 75.2 Å². The Morgan fingerprint density at radius 1 is 1.42 bits per heavy atom. The van der Waals surface area contributed by atoms with Crippen molar-refractivity contribution >= 4 is 11.9 Å². The van der Waals surface area contributed by atoms with E-state index in [0.29, 0.717) is 25.7 Å². The van der Waals surface area contributed by atoms with Crippen LogP contribution in [0.2, 0.25) is 0 Å². The highest BCUT2D eigenvalue weighted by Crippen LogP contribution is 2.31. The molecule has 1 aliphatic heterocycles. The highest BCUT2D eigenvalue weighted by molar-refractivity contribution is 5.85. The number of nitrogens with zero attached hydrogens (tertiary/aromatic N) is 2. The molecule has 1 unspecified atom stereocenters. The molecule has 7 heteroatoms. The van der Waals surface area contributed by atoms with Crippen LogP contribution < -0.4 is 15.4 Å². The maximum Gasteiger partial charge on any atom is 0.243 e. The largest absolute Gasteiger partial charge is 0.493 e. The molecule has 0 fully saturated rings. The number of nitrogens with one attached hydrogen (secondary N) is 2. The van der Waals surface area contributed by atoms with Gasteiger partial charge in [0.15, 0.2) is 5.96 Å². The second-order valence-electron chi connectivity index (χ2n) is 5.74. The van der Waals surface area contributed by atoms with Crippen molar-refractivity contribution in [3.05, 3.63) is 29.8 Å². The molecule has 0 aromatic heterocycles. The lowest BCUT2D eigenvalue weighted by molar-refractivity contribution is -0.127. The Balaban J connectivity index is 2.07. The van der Waals surface area contributed by atoms with Gasteiger partial charge in [-0.05, 0) is 6.07 Å². The van der Waals surface area contributed by atoms with Crippen LogP contribution in [0.3, 0.4) is 0 Å². The van der Waals surface area contributed by atoms with Gasteiger partial charge in [0.2, 0.25) is 5.91 Å². The fourth-order valence-electron chi connectivity index (χ4n) is 2.37. The van der Waals surface area contributed by atoms with Crippen LogP contribution in [0.25, 0.3) is 0 Å². The number of fused-ring (bicyclic) bond motifs is 1. The van der Waals surface area contributed by atoms with Gasteiger partial charge in [-0.25, -0.2) is 4.99 Å². The zero-order valence-electron chi connectivity index (χ0n) is 14.5. The fraction of sp³-hybridized carbons (Fsp3) is 0.529. The lowest BCUT2D eigenvalue weighted by Crippen LogP contribution is -2.43. The molecule has 1 aromatic carbocycles. The first-order valence-electron chi connectivity index (χ1n) is 8.07. The Hall–Kier alpha value is -2.28. The molecule has 1 atom stereocenters. The summed E-state index contributed by atoms with van der Waals surface area (Å²) in [6.45, 7) is 1.92. The third-order valence-corrected chi connectivity index (χ3v) is 3.74. The number of hydrogen-bond donors (Lipinski definition) is 2. The van der Waals surface area contributed by atoms with Gasteiger partial charge in [-0.1, -0.05) is 18.2 Å². The Kier molecular flexibility index (Phi) is 6.87. The molecule has 0 saturated heterocycles. The van der Waals surface area contributed by atoms with Gasteiger partial charge in [0.05, 0.1) is 19.3 Å². The van der Waals surface area contributed by atoms with E-state index in [2.05, 4.69) is 15.6 Å². The summed E-state index contributed by atoms with van der Waals surface area (Å²) >= 11 is 0. The van der Waals surface area contributed by atoms with E-state index in [1.54, 1.807) is 21.2 Å². The van der Waals surface area contributed by atoms with E-state index in [-0.39, 0.29) is 18.5 Å². The van der Waals surface area contributed by atoms with Crippen molar-refractivity contribution in [2.45, 2.75) is 12.5 Å². The van der Waals surface area contributed by atoms with Crippen LogP contribution >= 0.6 is 0 Å². The van der Waals surface area contributed by atoms with Gasteiger partial charge in [0.1, 0.15) is 12.3 Å². The molecule has 24 heavy (non-hydrogen) atoms. The van der Waals surface area contributed by atoms with E-state index in [4.69, 9.17) is 9.47 Å². The number of rotatable bonds is 6. The summed E-state index contributed by atoms with van der Waals surface area (Å²) in [5.74, 6) is 1.45. The zero-order chi connectivity index (χ0) is 17.4. The van der Waals surface area contributed by atoms with Gasteiger partial charge in [-0.15, -0.1) is 0 Å². The second kappa shape index (κ2) is 9.12. The molecule has 0 bridgehead atoms. The molecule has 0 aliphatic carbocycles. The molecule has 2 rings (SSSR count). The number of ether oxygens (including phenoxy) is 2. The number of hydrogen-bond acceptors (Lipinski definition) is 4. The number of benzene rings is 1. The highest BCUT2D eigenvalue weighted by atomic mass is 16.5. The minimum atomic E-state index is -0.0461. The van der Waals surface area contributed by atoms with E-state index in [1.807, 2.05) is 24.3 Å². The minimum Gasteiger partial charge on any atom is -0.493 e. The van der Waals surface area contributed by atoms with Gasteiger partial charge in [-0.3, -0.25) is 4.79 Å². The van der Waals surface area contributed by atoms with E-state index < -0.39 is 0 Å². The summed E-state index contributed by atoms with van der Waals surface area (Å²) in [5.41, 5.74) is 1.10. The molecular weight excluding hydrogens is 308 g/mol. The van der Waals surface area contributed by atoms with Crippen molar-refractivity contribution < 1.29 is 14.3 Å². The molecule has 1 amide bonds. The Labute approximate surface area is 143 Å². The quantitative estimate of drug-likeness (QED) is 0.457. The smallest absolute Gasteiger partial charge is 0.243 e.